The summed E-state index contributed by atoms with van der Waals surface area (Å²) in [6.45, 7) is -0.264. The van der Waals surface area contributed by atoms with E-state index in [1.54, 1.807) is 36.4 Å². The van der Waals surface area contributed by atoms with E-state index in [1.807, 2.05) is 83.8 Å². The topological polar surface area (TPSA) is 203 Å². The predicted octanol–water partition coefficient (Wildman–Crippen LogP) is 6.11. The molecule has 15 nitrogen and oxygen atoms in total. The third kappa shape index (κ3) is 7.24. The van der Waals surface area contributed by atoms with Gasteiger partial charge < -0.3 is 35.7 Å². The molecular weight excluding hydrogens is 837 g/mol. The number of anilines is 2. The Morgan fingerprint density at radius 1 is 0.875 bits per heavy atom. The van der Waals surface area contributed by atoms with Crippen LogP contribution in [0.5, 0.6) is 5.75 Å². The molecule has 5 N–H and O–H groups in total. The summed E-state index contributed by atoms with van der Waals surface area (Å²) in [6.07, 6.45) is -1.98. The number of urea groups is 1. The first-order valence-electron chi connectivity index (χ1n) is 20.3. The van der Waals surface area contributed by atoms with Crippen LogP contribution in [0.4, 0.5) is 20.4 Å². The molecule has 2 saturated heterocycles. The molecule has 3 aliphatic heterocycles. The van der Waals surface area contributed by atoms with Crippen molar-refractivity contribution in [1.29, 1.82) is 0 Å². The summed E-state index contributed by atoms with van der Waals surface area (Å²) >= 11 is 1.22. The number of cyclic esters (lactones) is 1. The Kier molecular flexibility index (Phi) is 11.3. The minimum Gasteiger partial charge on any atom is -0.508 e. The van der Waals surface area contributed by atoms with E-state index in [1.165, 1.54) is 30.6 Å². The van der Waals surface area contributed by atoms with Crippen LogP contribution in [0, 0.1) is 17.8 Å². The maximum Gasteiger partial charge on any atom is 0.421 e. The van der Waals surface area contributed by atoms with Gasteiger partial charge in [0.25, 0.3) is 0 Å². The van der Waals surface area contributed by atoms with Gasteiger partial charge in [-0.15, -0.1) is 0 Å². The highest BCUT2D eigenvalue weighted by Gasteiger charge is 2.76. The van der Waals surface area contributed by atoms with Crippen LogP contribution in [-0.2, 0) is 34.0 Å². The number of methoxy groups -OCH3 is 1. The standard InChI is InChI=1S/C48H40N6O9S/c1-61-25-26-62-47(60)53-35-23-18-28(11-10-24-50-45(49)59)27-33(35)48(44(53)58)37(42(56)52-46-51-34-16-8-9-17-36(34)64-46)39-43(57)63-40(30-14-6-3-7-15-30)38(29-12-4-2-5-13-29)54(39)41(48)31-19-21-32(55)22-20-31/h2-9,12-23,27,37-41,55H,24-26H2,1H3,(H3,49,50,59)(H,51,52,56). The highest BCUT2D eigenvalue weighted by atomic mass is 32.1. The van der Waals surface area contributed by atoms with Crippen LogP contribution in [0.3, 0.4) is 0 Å². The molecule has 6 unspecified atom stereocenters. The largest absolute Gasteiger partial charge is 0.508 e. The Morgan fingerprint density at radius 3 is 2.28 bits per heavy atom. The fraction of sp³-hybridized carbons (Fsp3) is 0.208. The number of rotatable bonds is 9. The number of nitrogens with zero attached hydrogens (tertiary/aromatic N) is 3. The number of aromatic nitrogens is 1. The summed E-state index contributed by atoms with van der Waals surface area (Å²) in [5, 5.41) is 16.3. The normalized spacial score (nSPS) is 22.3. The van der Waals surface area contributed by atoms with Gasteiger partial charge in [-0.3, -0.25) is 19.3 Å². The lowest BCUT2D eigenvalue weighted by Crippen LogP contribution is -2.54. The zero-order chi connectivity index (χ0) is 44.5. The number of morpholine rings is 1. The average Bonchev–Trinajstić information content (AvgIpc) is 3.94. The highest BCUT2D eigenvalue weighted by molar-refractivity contribution is 7.22. The van der Waals surface area contributed by atoms with E-state index >= 15 is 14.4 Å². The fourth-order valence-electron chi connectivity index (χ4n) is 9.29. The number of imide groups is 1. The third-order valence-electron chi connectivity index (χ3n) is 11.8. The number of benzene rings is 5. The van der Waals surface area contributed by atoms with Crippen LogP contribution < -0.4 is 21.3 Å². The van der Waals surface area contributed by atoms with E-state index < -0.39 is 65.5 Å². The van der Waals surface area contributed by atoms with Crippen molar-refractivity contribution in [3.63, 3.8) is 0 Å². The molecule has 5 amide bonds. The van der Waals surface area contributed by atoms with Gasteiger partial charge in [0.15, 0.2) is 5.13 Å². The van der Waals surface area contributed by atoms with Gasteiger partial charge in [0, 0.05) is 12.7 Å². The number of nitrogens with two attached hydrogens (primary N) is 1. The molecule has 0 saturated carbocycles. The Hall–Kier alpha value is -7.58. The molecule has 4 heterocycles. The Balaban J connectivity index is 1.34. The van der Waals surface area contributed by atoms with Gasteiger partial charge in [-0.2, -0.15) is 0 Å². The number of hydrogen-bond acceptors (Lipinski definition) is 12. The summed E-state index contributed by atoms with van der Waals surface area (Å²) in [4.78, 5) is 80.4. The number of amides is 5. The van der Waals surface area contributed by atoms with Gasteiger partial charge in [-0.05, 0) is 64.7 Å². The number of phenols is 1. The molecule has 5 aromatic carbocycles. The second kappa shape index (κ2) is 17.3. The van der Waals surface area contributed by atoms with Gasteiger partial charge in [0.1, 0.15) is 29.9 Å². The predicted molar refractivity (Wildman–Crippen MR) is 236 cm³/mol. The smallest absolute Gasteiger partial charge is 0.421 e. The quantitative estimate of drug-likeness (QED) is 0.0742. The van der Waals surface area contributed by atoms with E-state index in [-0.39, 0.29) is 41.9 Å². The van der Waals surface area contributed by atoms with Gasteiger partial charge in [0.2, 0.25) is 11.8 Å². The SMILES string of the molecule is COCCOC(=O)N1C(=O)C2(c3cc(C#CCNC(N)=O)ccc31)C(C(=O)Nc1nc3ccccc3s1)C1C(=O)OC(c3ccccc3)C(c3ccccc3)N1C2c1ccc(O)cc1. The monoisotopic (exact) mass is 876 g/mol. The summed E-state index contributed by atoms with van der Waals surface area (Å²) in [5.41, 5.74) is 6.26. The number of hydrogen-bond donors (Lipinski definition) is 4. The van der Waals surface area contributed by atoms with Crippen molar-refractivity contribution in [2.75, 3.05) is 37.1 Å². The van der Waals surface area contributed by atoms with E-state index in [0.29, 0.717) is 27.8 Å². The number of primary amides is 1. The van der Waals surface area contributed by atoms with Crippen LogP contribution in [0.2, 0.25) is 0 Å². The van der Waals surface area contributed by atoms with E-state index in [0.717, 1.165) is 9.60 Å². The van der Waals surface area contributed by atoms with Crippen LogP contribution in [0.1, 0.15) is 46.0 Å². The lowest BCUT2D eigenvalue weighted by Gasteiger charge is -2.46. The van der Waals surface area contributed by atoms with Crippen LogP contribution in [0.25, 0.3) is 10.2 Å². The molecule has 1 aromatic heterocycles. The van der Waals surface area contributed by atoms with Crippen LogP contribution in [-0.4, -0.2) is 77.8 Å². The second-order valence-electron chi connectivity index (χ2n) is 15.3. The van der Waals surface area contributed by atoms with Gasteiger partial charge in [0.05, 0.1) is 47.1 Å². The number of fused-ring (bicyclic) bond motifs is 4. The molecule has 6 atom stereocenters. The van der Waals surface area contributed by atoms with Gasteiger partial charge in [-0.25, -0.2) is 19.5 Å². The highest BCUT2D eigenvalue weighted by Crippen LogP contribution is 2.66. The van der Waals surface area contributed by atoms with Crippen molar-refractivity contribution in [3.8, 4) is 17.6 Å². The molecule has 3 aliphatic rings. The number of ether oxygens (including phenoxy) is 3. The summed E-state index contributed by atoms with van der Waals surface area (Å²) in [5.74, 6) is 1.80. The van der Waals surface area contributed by atoms with Gasteiger partial charge in [-0.1, -0.05) is 108 Å². The molecule has 6 aromatic rings. The van der Waals surface area contributed by atoms with Crippen LogP contribution >= 0.6 is 11.3 Å². The lowest BCUT2D eigenvalue weighted by atomic mass is 9.65. The number of carbonyl (C=O) groups excluding carboxylic acids is 5. The minimum absolute atomic E-state index is 0.0320. The van der Waals surface area contributed by atoms with E-state index in [4.69, 9.17) is 19.9 Å². The molecule has 2 fully saturated rings. The Morgan fingerprint density at radius 2 is 1.58 bits per heavy atom. The Bertz CT molecular complexity index is 2810. The molecule has 322 valence electrons. The fourth-order valence-corrected chi connectivity index (χ4v) is 10.2. The molecule has 0 aliphatic carbocycles. The average molecular weight is 877 g/mol. The Labute approximate surface area is 370 Å². The van der Waals surface area contributed by atoms with Crippen molar-refractivity contribution >= 4 is 62.3 Å². The number of carbonyl (C=O) groups is 5. The first-order valence-corrected chi connectivity index (χ1v) is 21.1. The maximum absolute atomic E-state index is 16.2. The number of aromatic hydroxyl groups is 1. The first-order chi connectivity index (χ1) is 31.1. The number of phenolic OH excluding ortho intramolecular Hbond substituents is 1. The second-order valence-corrected chi connectivity index (χ2v) is 16.4. The van der Waals surface area contributed by atoms with Crippen molar-refractivity contribution in [2.24, 2.45) is 11.7 Å². The minimum atomic E-state index is -2.11. The number of esters is 1. The summed E-state index contributed by atoms with van der Waals surface area (Å²) < 4.78 is 18.1. The number of thiazole rings is 1. The number of para-hydroxylation sites is 1. The van der Waals surface area contributed by atoms with Crippen molar-refractivity contribution in [1.82, 2.24) is 15.2 Å². The van der Waals surface area contributed by atoms with E-state index in [2.05, 4.69) is 27.5 Å². The lowest BCUT2D eigenvalue weighted by molar-refractivity contribution is -0.177. The third-order valence-corrected chi connectivity index (χ3v) is 12.7. The van der Waals surface area contributed by atoms with Gasteiger partial charge >= 0.3 is 18.1 Å². The zero-order valence-electron chi connectivity index (χ0n) is 34.2. The molecule has 0 radical (unpaired) electrons. The van der Waals surface area contributed by atoms with Crippen molar-refractivity contribution < 1.29 is 43.3 Å². The summed E-state index contributed by atoms with van der Waals surface area (Å²) in [7, 11) is 1.44. The van der Waals surface area contributed by atoms with E-state index in [9.17, 15) is 14.7 Å². The summed E-state index contributed by atoms with van der Waals surface area (Å²) in [6, 6.07) is 32.6. The molecule has 16 heteroatoms. The molecule has 1 spiro atoms. The first kappa shape index (κ1) is 41.8. The molecule has 9 rings (SSSR count). The van der Waals surface area contributed by atoms with Crippen LogP contribution in [0.15, 0.2) is 127 Å². The maximum atomic E-state index is 16.2. The molecule has 0 bridgehead atoms. The molecule has 64 heavy (non-hydrogen) atoms. The van der Waals surface area contributed by atoms with Crippen molar-refractivity contribution in [2.45, 2.75) is 29.6 Å². The zero-order valence-corrected chi connectivity index (χ0v) is 35.0. The number of nitrogens with one attached hydrogen (secondary N) is 2. The molecular formula is C48H40N6O9S. The van der Waals surface area contributed by atoms with Crippen molar-refractivity contribution in [3.05, 3.63) is 155 Å².